The van der Waals surface area contributed by atoms with Gasteiger partial charge in [-0.25, -0.2) is 0 Å². The fourth-order valence-corrected chi connectivity index (χ4v) is 3.07. The minimum absolute atomic E-state index is 0.725. The van der Waals surface area contributed by atoms with E-state index in [0.717, 1.165) is 32.8 Å². The Bertz CT molecular complexity index is 1100. The molecule has 4 heteroatoms. The smallest absolute Gasteiger partial charge is 0.331 e. The van der Waals surface area contributed by atoms with Crippen molar-refractivity contribution in [1.29, 1.82) is 0 Å². The van der Waals surface area contributed by atoms with Crippen LogP contribution in [-0.2, 0) is 4.65 Å². The quantitative estimate of drug-likeness (QED) is 0.552. The monoisotopic (exact) mass is 345 g/mol. The molecule has 1 aromatic heterocycles. The van der Waals surface area contributed by atoms with E-state index in [1.165, 1.54) is 5.39 Å². The van der Waals surface area contributed by atoms with E-state index in [0.29, 0.717) is 0 Å². The van der Waals surface area contributed by atoms with E-state index in [2.05, 4.69) is 18.2 Å². The second-order valence-electron chi connectivity index (χ2n) is 7.79. The van der Waals surface area contributed by atoms with E-state index in [4.69, 9.17) is 9.07 Å². The highest BCUT2D eigenvalue weighted by Crippen LogP contribution is 2.33. The molecule has 0 amide bonds. The van der Waals surface area contributed by atoms with Crippen molar-refractivity contribution in [2.45, 2.75) is 38.9 Å². The molecule has 0 saturated heterocycles. The molecule has 3 nitrogen and oxygen atoms in total. The molecule has 1 radical (unpaired) electrons. The molecule has 1 N–H and O–H groups in total. The molecule has 4 rings (SSSR count). The van der Waals surface area contributed by atoms with Crippen molar-refractivity contribution in [2.24, 2.45) is 0 Å². The Kier molecular flexibility index (Phi) is 3.87. The number of hydrogen-bond donors (Lipinski definition) is 1. The van der Waals surface area contributed by atoms with Crippen LogP contribution in [0.4, 0.5) is 0 Å². The molecule has 0 fully saturated rings. The maximum atomic E-state index is 10.3. The summed E-state index contributed by atoms with van der Waals surface area (Å²) in [6, 6.07) is 18.3. The summed E-state index contributed by atoms with van der Waals surface area (Å²) in [4.78, 5) is 0. The van der Waals surface area contributed by atoms with Crippen molar-refractivity contribution in [3.05, 3.63) is 54.6 Å². The lowest BCUT2D eigenvalue weighted by atomic mass is 9.80. The van der Waals surface area contributed by atoms with Crippen molar-refractivity contribution in [3.63, 3.8) is 0 Å². The zero-order chi connectivity index (χ0) is 18.5. The molecule has 0 unspecified atom stereocenters. The van der Waals surface area contributed by atoms with Crippen LogP contribution < -0.4 is 5.46 Å². The van der Waals surface area contributed by atoms with Crippen LogP contribution in [0.5, 0.6) is 0 Å². The summed E-state index contributed by atoms with van der Waals surface area (Å²) in [5.41, 5.74) is 0.935. The number of aliphatic hydroxyl groups is 1. The molecule has 1 heterocycles. The summed E-state index contributed by atoms with van der Waals surface area (Å²) >= 11 is 0. The lowest BCUT2D eigenvalue weighted by molar-refractivity contribution is -0.0893. The largest absolute Gasteiger partial charge is 0.456 e. The fourth-order valence-electron chi connectivity index (χ4n) is 3.07. The maximum absolute atomic E-state index is 10.3. The molecule has 131 valence electrons. The first-order valence-corrected chi connectivity index (χ1v) is 8.84. The molecular formula is C22H22BO3. The van der Waals surface area contributed by atoms with Crippen LogP contribution in [-0.4, -0.2) is 23.8 Å². The molecule has 26 heavy (non-hydrogen) atoms. The standard InChI is InChI=1S/C22H22BO3/c1-21(2,24)22(3,4)26-23-16-10-7-11-17-20(16)19-15-9-6-5-8-14(15)12-13-18(19)25-17/h5-13,24H,1-4H3. The minimum Gasteiger partial charge on any atom is -0.456 e. The van der Waals surface area contributed by atoms with Gasteiger partial charge in [0.05, 0.1) is 11.2 Å². The topological polar surface area (TPSA) is 42.6 Å². The van der Waals surface area contributed by atoms with E-state index < -0.39 is 11.2 Å². The van der Waals surface area contributed by atoms with Gasteiger partial charge < -0.3 is 14.2 Å². The first-order chi connectivity index (χ1) is 12.3. The van der Waals surface area contributed by atoms with E-state index in [1.807, 2.05) is 50.2 Å². The molecule has 4 aromatic rings. The minimum atomic E-state index is -0.970. The van der Waals surface area contributed by atoms with Gasteiger partial charge in [-0.3, -0.25) is 0 Å². The fraction of sp³-hybridized carbons (Fsp3) is 0.273. The predicted molar refractivity (Wildman–Crippen MR) is 108 cm³/mol. The van der Waals surface area contributed by atoms with E-state index in [-0.39, 0.29) is 0 Å². The maximum Gasteiger partial charge on any atom is 0.331 e. The van der Waals surface area contributed by atoms with Gasteiger partial charge in [0, 0.05) is 10.8 Å². The summed E-state index contributed by atoms with van der Waals surface area (Å²) in [6.45, 7) is 7.27. The lowest BCUT2D eigenvalue weighted by Gasteiger charge is -2.37. The molecule has 0 saturated carbocycles. The Morgan fingerprint density at radius 3 is 2.35 bits per heavy atom. The SMILES string of the molecule is CC(C)(O)C(C)(C)O[B]c1cccc2oc3ccc4ccccc4c3c12. The van der Waals surface area contributed by atoms with Gasteiger partial charge in [0.15, 0.2) is 0 Å². The normalized spacial score (nSPS) is 13.0. The van der Waals surface area contributed by atoms with Crippen LogP contribution in [0.3, 0.4) is 0 Å². The molecule has 3 aromatic carbocycles. The molecule has 0 aliphatic rings. The van der Waals surface area contributed by atoms with E-state index in [1.54, 1.807) is 21.3 Å². The average Bonchev–Trinajstić information content (AvgIpc) is 2.98. The predicted octanol–water partition coefficient (Wildman–Crippen LogP) is 4.55. The van der Waals surface area contributed by atoms with Crippen LogP contribution in [0.25, 0.3) is 32.7 Å². The third-order valence-electron chi connectivity index (χ3n) is 5.37. The van der Waals surface area contributed by atoms with Crippen LogP contribution >= 0.6 is 0 Å². The molecule has 0 bridgehead atoms. The molecular weight excluding hydrogens is 323 g/mol. The number of furan rings is 1. The van der Waals surface area contributed by atoms with Gasteiger partial charge in [-0.1, -0.05) is 42.5 Å². The van der Waals surface area contributed by atoms with Gasteiger partial charge in [0.1, 0.15) is 11.2 Å². The molecule has 0 spiro atoms. The second kappa shape index (κ2) is 5.87. The summed E-state index contributed by atoms with van der Waals surface area (Å²) in [5.74, 6) is 0. The number of rotatable bonds is 4. The Morgan fingerprint density at radius 1 is 0.846 bits per heavy atom. The highest BCUT2D eigenvalue weighted by Gasteiger charge is 2.36. The Hall–Kier alpha value is -2.30. The zero-order valence-electron chi connectivity index (χ0n) is 15.5. The van der Waals surface area contributed by atoms with Gasteiger partial charge in [0.2, 0.25) is 0 Å². The van der Waals surface area contributed by atoms with Crippen molar-refractivity contribution >= 4 is 45.7 Å². The first kappa shape index (κ1) is 17.1. The van der Waals surface area contributed by atoms with Crippen LogP contribution in [0, 0.1) is 0 Å². The van der Waals surface area contributed by atoms with E-state index in [9.17, 15) is 5.11 Å². The second-order valence-corrected chi connectivity index (χ2v) is 7.79. The summed E-state index contributed by atoms with van der Waals surface area (Å²) in [5, 5.41) is 14.8. The highest BCUT2D eigenvalue weighted by atomic mass is 16.5. The summed E-state index contributed by atoms with van der Waals surface area (Å²) in [6.07, 6.45) is 0. The van der Waals surface area contributed by atoms with Crippen molar-refractivity contribution in [2.75, 3.05) is 0 Å². The molecule has 0 atom stereocenters. The Morgan fingerprint density at radius 2 is 1.58 bits per heavy atom. The third-order valence-corrected chi connectivity index (χ3v) is 5.37. The van der Waals surface area contributed by atoms with Gasteiger partial charge in [-0.2, -0.15) is 0 Å². The van der Waals surface area contributed by atoms with E-state index >= 15 is 0 Å². The van der Waals surface area contributed by atoms with Gasteiger partial charge in [-0.15, -0.1) is 0 Å². The third kappa shape index (κ3) is 2.70. The Labute approximate surface area is 153 Å². The highest BCUT2D eigenvalue weighted by molar-refractivity contribution is 6.53. The number of hydrogen-bond acceptors (Lipinski definition) is 3. The van der Waals surface area contributed by atoms with Crippen LogP contribution in [0.15, 0.2) is 59.0 Å². The van der Waals surface area contributed by atoms with Crippen molar-refractivity contribution in [3.8, 4) is 0 Å². The average molecular weight is 345 g/mol. The van der Waals surface area contributed by atoms with Gasteiger partial charge >= 0.3 is 7.48 Å². The van der Waals surface area contributed by atoms with Crippen LogP contribution in [0.1, 0.15) is 27.7 Å². The lowest BCUT2D eigenvalue weighted by Crippen LogP contribution is -2.49. The number of fused-ring (bicyclic) bond motifs is 5. The first-order valence-electron chi connectivity index (χ1n) is 8.84. The van der Waals surface area contributed by atoms with Gasteiger partial charge in [0.25, 0.3) is 0 Å². The number of benzene rings is 3. The molecule has 0 aliphatic carbocycles. The zero-order valence-corrected chi connectivity index (χ0v) is 15.5. The van der Waals surface area contributed by atoms with Crippen molar-refractivity contribution < 1.29 is 14.2 Å². The summed E-state index contributed by atoms with van der Waals surface area (Å²) < 4.78 is 12.1. The molecule has 0 aliphatic heterocycles. The summed E-state index contributed by atoms with van der Waals surface area (Å²) in [7, 11) is 1.73. The van der Waals surface area contributed by atoms with Gasteiger partial charge in [-0.05, 0) is 56.1 Å². The van der Waals surface area contributed by atoms with Crippen LogP contribution in [0.2, 0.25) is 0 Å². The Balaban J connectivity index is 1.89. The van der Waals surface area contributed by atoms with Crippen molar-refractivity contribution in [1.82, 2.24) is 0 Å².